The zero-order chi connectivity index (χ0) is 27.3. The summed E-state index contributed by atoms with van der Waals surface area (Å²) in [5, 5.41) is 11.1. The summed E-state index contributed by atoms with van der Waals surface area (Å²) >= 11 is 0. The monoisotopic (exact) mass is 526 g/mol. The smallest absolute Gasteiger partial charge is 0.280 e. The van der Waals surface area contributed by atoms with Gasteiger partial charge in [-0.1, -0.05) is 6.07 Å². The SMILES string of the molecule is Cc1cccc2c(-c3nc4c(cc3F)c(NC(=O)c3ccc(F)cc3)nn4C(=O)c3ccc(F)cc3)cnn12. The summed E-state index contributed by atoms with van der Waals surface area (Å²) in [7, 11) is 0. The Bertz CT molecular complexity index is 1910. The van der Waals surface area contributed by atoms with Crippen molar-refractivity contribution in [1.82, 2.24) is 24.4 Å². The van der Waals surface area contributed by atoms with E-state index in [-0.39, 0.29) is 33.7 Å². The van der Waals surface area contributed by atoms with Gasteiger partial charge in [0.15, 0.2) is 17.3 Å². The molecule has 192 valence electrons. The second-order valence-electron chi connectivity index (χ2n) is 8.75. The van der Waals surface area contributed by atoms with Gasteiger partial charge in [-0.25, -0.2) is 22.7 Å². The Morgan fingerprint density at radius 3 is 2.23 bits per heavy atom. The highest BCUT2D eigenvalue weighted by atomic mass is 19.1. The van der Waals surface area contributed by atoms with Crippen molar-refractivity contribution in [3.05, 3.63) is 113 Å². The zero-order valence-electron chi connectivity index (χ0n) is 20.2. The summed E-state index contributed by atoms with van der Waals surface area (Å²) < 4.78 is 44.9. The largest absolute Gasteiger partial charge is 0.304 e. The minimum Gasteiger partial charge on any atom is -0.304 e. The number of nitrogens with zero attached hydrogens (tertiary/aromatic N) is 5. The Labute approximate surface area is 218 Å². The molecule has 2 aromatic carbocycles. The van der Waals surface area contributed by atoms with Crippen LogP contribution in [0, 0.1) is 24.4 Å². The molecule has 4 aromatic heterocycles. The van der Waals surface area contributed by atoms with Crippen LogP contribution in [-0.2, 0) is 0 Å². The number of rotatable bonds is 4. The molecule has 0 aliphatic carbocycles. The van der Waals surface area contributed by atoms with Crippen molar-refractivity contribution in [1.29, 1.82) is 0 Å². The summed E-state index contributed by atoms with van der Waals surface area (Å²) in [5.41, 5.74) is 1.91. The lowest BCUT2D eigenvalue weighted by Gasteiger charge is -2.05. The van der Waals surface area contributed by atoms with Crippen LogP contribution in [0.3, 0.4) is 0 Å². The Kier molecular flexibility index (Phi) is 5.68. The molecule has 4 heterocycles. The van der Waals surface area contributed by atoms with Crippen LogP contribution in [0.2, 0.25) is 0 Å². The van der Waals surface area contributed by atoms with Crippen LogP contribution in [0.25, 0.3) is 27.8 Å². The highest BCUT2D eigenvalue weighted by molar-refractivity contribution is 6.10. The van der Waals surface area contributed by atoms with Gasteiger partial charge in [0.1, 0.15) is 17.3 Å². The number of aryl methyl sites for hydroxylation is 1. The molecule has 0 spiro atoms. The van der Waals surface area contributed by atoms with E-state index >= 15 is 4.39 Å². The van der Waals surface area contributed by atoms with Crippen LogP contribution in [0.1, 0.15) is 26.4 Å². The number of aromatic nitrogens is 5. The predicted molar refractivity (Wildman–Crippen MR) is 137 cm³/mol. The molecule has 0 bridgehead atoms. The van der Waals surface area contributed by atoms with Crippen molar-refractivity contribution >= 4 is 34.2 Å². The van der Waals surface area contributed by atoms with E-state index in [1.165, 1.54) is 30.5 Å². The Balaban J connectivity index is 1.52. The highest BCUT2D eigenvalue weighted by Gasteiger charge is 2.24. The molecule has 1 amide bonds. The number of carbonyl (C=O) groups is 2. The molecule has 6 rings (SSSR count). The number of carbonyl (C=O) groups excluding carboxylic acids is 2. The van der Waals surface area contributed by atoms with Gasteiger partial charge in [-0.05, 0) is 73.7 Å². The fourth-order valence-electron chi connectivity index (χ4n) is 4.27. The lowest BCUT2D eigenvalue weighted by atomic mass is 10.1. The van der Waals surface area contributed by atoms with Gasteiger partial charge in [0, 0.05) is 22.4 Å². The molecule has 0 radical (unpaired) electrons. The van der Waals surface area contributed by atoms with E-state index in [9.17, 15) is 18.4 Å². The highest BCUT2D eigenvalue weighted by Crippen LogP contribution is 2.31. The van der Waals surface area contributed by atoms with Crippen LogP contribution >= 0.6 is 0 Å². The van der Waals surface area contributed by atoms with E-state index in [0.29, 0.717) is 11.1 Å². The molecule has 0 aliphatic heterocycles. The summed E-state index contributed by atoms with van der Waals surface area (Å²) in [5.74, 6) is -3.25. The van der Waals surface area contributed by atoms with E-state index in [2.05, 4.69) is 20.5 Å². The summed E-state index contributed by atoms with van der Waals surface area (Å²) in [4.78, 5) is 30.7. The van der Waals surface area contributed by atoms with Gasteiger partial charge in [0.25, 0.3) is 11.8 Å². The van der Waals surface area contributed by atoms with Crippen LogP contribution in [0.5, 0.6) is 0 Å². The van der Waals surface area contributed by atoms with Crippen molar-refractivity contribution in [2.75, 3.05) is 5.32 Å². The molecule has 39 heavy (non-hydrogen) atoms. The van der Waals surface area contributed by atoms with E-state index in [4.69, 9.17) is 0 Å². The number of benzene rings is 2. The van der Waals surface area contributed by atoms with Gasteiger partial charge in [0.05, 0.1) is 17.1 Å². The van der Waals surface area contributed by atoms with Gasteiger partial charge in [0.2, 0.25) is 0 Å². The summed E-state index contributed by atoms with van der Waals surface area (Å²) in [6.45, 7) is 1.85. The van der Waals surface area contributed by atoms with Crippen LogP contribution in [0.15, 0.2) is 79.0 Å². The Morgan fingerprint density at radius 1 is 0.872 bits per heavy atom. The Hall–Kier alpha value is -5.32. The maximum atomic E-state index is 15.6. The molecule has 11 heteroatoms. The van der Waals surface area contributed by atoms with E-state index in [1.54, 1.807) is 16.6 Å². The molecular weight excluding hydrogens is 509 g/mol. The fourth-order valence-corrected chi connectivity index (χ4v) is 4.27. The van der Waals surface area contributed by atoms with Crippen molar-refractivity contribution in [3.63, 3.8) is 0 Å². The molecular formula is C28H17F3N6O2. The number of hydrogen-bond donors (Lipinski definition) is 1. The molecule has 0 aliphatic rings. The van der Waals surface area contributed by atoms with Crippen molar-refractivity contribution in [2.24, 2.45) is 0 Å². The minimum atomic E-state index is -0.732. The summed E-state index contributed by atoms with van der Waals surface area (Å²) in [6, 6.07) is 16.1. The fraction of sp³-hybridized carbons (Fsp3) is 0.0357. The molecule has 8 nitrogen and oxygen atoms in total. The second kappa shape index (κ2) is 9.21. The second-order valence-corrected chi connectivity index (χ2v) is 8.75. The van der Waals surface area contributed by atoms with Gasteiger partial charge in [-0.15, -0.1) is 5.10 Å². The minimum absolute atomic E-state index is 0.0397. The number of nitrogens with one attached hydrogen (secondary N) is 1. The summed E-state index contributed by atoms with van der Waals surface area (Å²) in [6.07, 6.45) is 1.47. The van der Waals surface area contributed by atoms with Gasteiger partial charge in [-0.3, -0.25) is 9.59 Å². The predicted octanol–water partition coefficient (Wildman–Crippen LogP) is 5.41. The average Bonchev–Trinajstić information content (AvgIpc) is 3.51. The molecule has 0 saturated heterocycles. The molecule has 0 unspecified atom stereocenters. The zero-order valence-corrected chi connectivity index (χ0v) is 20.2. The lowest BCUT2D eigenvalue weighted by Crippen LogP contribution is -2.16. The standard InChI is InChI=1S/C28H17F3N6O2/c1-15-3-2-4-23-21(14-32-36(15)23)24-22(31)13-20-25(34-27(38)16-5-9-18(29)10-6-16)35-37(26(20)33-24)28(39)17-7-11-19(30)12-8-17/h2-14H,1H3,(H,34,35,38). The Morgan fingerprint density at radius 2 is 1.54 bits per heavy atom. The van der Waals surface area contributed by atoms with Crippen molar-refractivity contribution < 1.29 is 22.8 Å². The topological polar surface area (TPSA) is 94.2 Å². The van der Waals surface area contributed by atoms with Crippen LogP contribution < -0.4 is 5.32 Å². The first-order chi connectivity index (χ1) is 18.8. The average molecular weight is 526 g/mol. The number of hydrogen-bond acceptors (Lipinski definition) is 5. The van der Waals surface area contributed by atoms with Gasteiger partial charge < -0.3 is 5.32 Å². The normalized spacial score (nSPS) is 11.3. The van der Waals surface area contributed by atoms with Gasteiger partial charge >= 0.3 is 0 Å². The molecule has 0 atom stereocenters. The van der Waals surface area contributed by atoms with Crippen molar-refractivity contribution in [3.8, 4) is 11.3 Å². The number of anilines is 1. The third-order valence-corrected chi connectivity index (χ3v) is 6.22. The maximum absolute atomic E-state index is 15.6. The van der Waals surface area contributed by atoms with Crippen LogP contribution in [0.4, 0.5) is 19.0 Å². The number of fused-ring (bicyclic) bond motifs is 2. The van der Waals surface area contributed by atoms with E-state index in [0.717, 1.165) is 40.7 Å². The molecule has 0 saturated carbocycles. The quantitative estimate of drug-likeness (QED) is 0.331. The molecule has 0 fully saturated rings. The first-order valence-electron chi connectivity index (χ1n) is 11.7. The number of pyridine rings is 2. The molecule has 6 aromatic rings. The number of halogens is 3. The lowest BCUT2D eigenvalue weighted by molar-refractivity contribution is 0.0947. The van der Waals surface area contributed by atoms with Crippen LogP contribution in [-0.4, -0.2) is 36.2 Å². The third kappa shape index (κ3) is 4.19. The van der Waals surface area contributed by atoms with E-state index in [1.807, 2.05) is 13.0 Å². The number of amides is 1. The van der Waals surface area contributed by atoms with Gasteiger partial charge in [-0.2, -0.15) is 9.78 Å². The van der Waals surface area contributed by atoms with E-state index < -0.39 is 29.3 Å². The first kappa shape index (κ1) is 24.0. The first-order valence-corrected chi connectivity index (χ1v) is 11.7. The van der Waals surface area contributed by atoms with Crippen molar-refractivity contribution in [2.45, 2.75) is 6.92 Å². The third-order valence-electron chi connectivity index (χ3n) is 6.22. The maximum Gasteiger partial charge on any atom is 0.280 e. The molecule has 1 N–H and O–H groups in total.